The molecule has 2 aromatic carbocycles. The number of hydrogen-bond donors (Lipinski definition) is 1. The molecular formula is C21H26N2O3S. The molecular weight excluding hydrogens is 360 g/mol. The maximum absolute atomic E-state index is 12.6. The Kier molecular flexibility index (Phi) is 6.29. The van der Waals surface area contributed by atoms with Crippen LogP contribution in [0.2, 0.25) is 0 Å². The molecule has 0 spiro atoms. The molecule has 1 aliphatic heterocycles. The van der Waals surface area contributed by atoms with Gasteiger partial charge in [-0.1, -0.05) is 60.2 Å². The van der Waals surface area contributed by atoms with Crippen LogP contribution in [-0.4, -0.2) is 31.7 Å². The van der Waals surface area contributed by atoms with Crippen LogP contribution in [0.5, 0.6) is 0 Å². The maximum Gasteiger partial charge on any atom is 0.223 e. The third-order valence-electron chi connectivity index (χ3n) is 4.96. The number of nitrogens with one attached hydrogen (secondary N) is 1. The van der Waals surface area contributed by atoms with Crippen LogP contribution in [0, 0.1) is 12.8 Å². The van der Waals surface area contributed by atoms with Gasteiger partial charge < -0.3 is 5.32 Å². The van der Waals surface area contributed by atoms with Crippen LogP contribution in [0.15, 0.2) is 54.6 Å². The number of nitrogens with zero attached hydrogens (tertiary/aromatic N) is 1. The fraction of sp³-hybridized carbons (Fsp3) is 0.381. The predicted molar refractivity (Wildman–Crippen MR) is 106 cm³/mol. The molecule has 0 radical (unpaired) electrons. The van der Waals surface area contributed by atoms with Gasteiger partial charge in [0, 0.05) is 25.6 Å². The number of benzene rings is 2. The summed E-state index contributed by atoms with van der Waals surface area (Å²) in [5.74, 6) is -0.104. The topological polar surface area (TPSA) is 66.5 Å². The smallest absolute Gasteiger partial charge is 0.223 e. The van der Waals surface area contributed by atoms with Gasteiger partial charge in [0.05, 0.1) is 5.75 Å². The van der Waals surface area contributed by atoms with Crippen molar-refractivity contribution >= 4 is 15.9 Å². The van der Waals surface area contributed by atoms with Crippen LogP contribution in [0.3, 0.4) is 0 Å². The van der Waals surface area contributed by atoms with Crippen molar-refractivity contribution in [3.63, 3.8) is 0 Å². The Morgan fingerprint density at radius 2 is 1.70 bits per heavy atom. The quantitative estimate of drug-likeness (QED) is 0.830. The summed E-state index contributed by atoms with van der Waals surface area (Å²) in [4.78, 5) is 12.4. The van der Waals surface area contributed by atoms with E-state index in [0.717, 1.165) is 11.1 Å². The molecule has 1 heterocycles. The first-order valence-electron chi connectivity index (χ1n) is 9.29. The van der Waals surface area contributed by atoms with Gasteiger partial charge in [0.25, 0.3) is 0 Å². The molecule has 1 saturated heterocycles. The maximum atomic E-state index is 12.6. The number of amides is 1. The molecule has 0 aliphatic carbocycles. The Hall–Kier alpha value is -2.18. The molecule has 0 saturated carbocycles. The van der Waals surface area contributed by atoms with E-state index >= 15 is 0 Å². The van der Waals surface area contributed by atoms with Gasteiger partial charge in [0.15, 0.2) is 0 Å². The average molecular weight is 387 g/mol. The van der Waals surface area contributed by atoms with Crippen molar-refractivity contribution in [1.29, 1.82) is 0 Å². The van der Waals surface area contributed by atoms with Crippen LogP contribution in [0.25, 0.3) is 0 Å². The second-order valence-corrected chi connectivity index (χ2v) is 9.09. The first-order chi connectivity index (χ1) is 12.9. The van der Waals surface area contributed by atoms with Gasteiger partial charge >= 0.3 is 0 Å². The minimum Gasteiger partial charge on any atom is -0.352 e. The molecule has 1 N–H and O–H groups in total. The molecule has 2 aromatic rings. The molecule has 0 bridgehead atoms. The number of piperidine rings is 1. The SMILES string of the molecule is Cc1cccc(CNC(=O)C2CCN(S(=O)(=O)Cc3ccccc3)CC2)c1. The van der Waals surface area contributed by atoms with Gasteiger partial charge in [0.1, 0.15) is 0 Å². The van der Waals surface area contributed by atoms with E-state index in [1.54, 1.807) is 0 Å². The second kappa shape index (κ2) is 8.67. The van der Waals surface area contributed by atoms with Crippen LogP contribution in [0.4, 0.5) is 0 Å². The minimum absolute atomic E-state index is 0.0108. The van der Waals surface area contributed by atoms with E-state index in [2.05, 4.69) is 11.4 Å². The first-order valence-corrected chi connectivity index (χ1v) is 10.9. The number of sulfonamides is 1. The normalized spacial score (nSPS) is 16.2. The summed E-state index contributed by atoms with van der Waals surface area (Å²) >= 11 is 0. The number of carbonyl (C=O) groups is 1. The molecule has 1 fully saturated rings. The highest BCUT2D eigenvalue weighted by molar-refractivity contribution is 7.88. The molecule has 0 unspecified atom stereocenters. The summed E-state index contributed by atoms with van der Waals surface area (Å²) < 4.78 is 26.7. The molecule has 1 aliphatic rings. The predicted octanol–water partition coefficient (Wildman–Crippen LogP) is 2.85. The average Bonchev–Trinajstić information content (AvgIpc) is 2.67. The lowest BCUT2D eigenvalue weighted by molar-refractivity contribution is -0.126. The number of rotatable bonds is 6. The summed E-state index contributed by atoms with van der Waals surface area (Å²) in [6.45, 7) is 3.33. The summed E-state index contributed by atoms with van der Waals surface area (Å²) in [6, 6.07) is 17.3. The van der Waals surface area contributed by atoms with Gasteiger partial charge in [0.2, 0.25) is 15.9 Å². The zero-order valence-corrected chi connectivity index (χ0v) is 16.4. The van der Waals surface area contributed by atoms with Crippen molar-refractivity contribution in [1.82, 2.24) is 9.62 Å². The Morgan fingerprint density at radius 1 is 1.04 bits per heavy atom. The molecule has 144 valence electrons. The highest BCUT2D eigenvalue weighted by Crippen LogP contribution is 2.22. The van der Waals surface area contributed by atoms with E-state index in [-0.39, 0.29) is 17.6 Å². The Morgan fingerprint density at radius 3 is 2.37 bits per heavy atom. The van der Waals surface area contributed by atoms with Crippen molar-refractivity contribution in [2.75, 3.05) is 13.1 Å². The minimum atomic E-state index is -3.34. The Balaban J connectivity index is 1.50. The second-order valence-electron chi connectivity index (χ2n) is 7.12. The number of hydrogen-bond acceptors (Lipinski definition) is 3. The van der Waals surface area contributed by atoms with E-state index in [0.29, 0.717) is 32.5 Å². The van der Waals surface area contributed by atoms with Crippen LogP contribution < -0.4 is 5.32 Å². The van der Waals surface area contributed by atoms with Crippen molar-refractivity contribution in [2.45, 2.75) is 32.1 Å². The van der Waals surface area contributed by atoms with Gasteiger partial charge in [-0.15, -0.1) is 0 Å². The molecule has 5 nitrogen and oxygen atoms in total. The van der Waals surface area contributed by atoms with Gasteiger partial charge in [-0.25, -0.2) is 12.7 Å². The highest BCUT2D eigenvalue weighted by atomic mass is 32.2. The molecule has 3 rings (SSSR count). The third-order valence-corrected chi connectivity index (χ3v) is 6.81. The van der Waals surface area contributed by atoms with Crippen LogP contribution in [0.1, 0.15) is 29.5 Å². The Bertz CT molecular complexity index is 873. The number of aryl methyl sites for hydroxylation is 1. The molecule has 0 aromatic heterocycles. The van der Waals surface area contributed by atoms with Crippen molar-refractivity contribution in [2.24, 2.45) is 5.92 Å². The van der Waals surface area contributed by atoms with E-state index in [9.17, 15) is 13.2 Å². The van der Waals surface area contributed by atoms with Crippen molar-refractivity contribution in [3.05, 3.63) is 71.3 Å². The lowest BCUT2D eigenvalue weighted by Gasteiger charge is -2.30. The molecule has 6 heteroatoms. The van der Waals surface area contributed by atoms with E-state index in [1.165, 1.54) is 9.87 Å². The highest BCUT2D eigenvalue weighted by Gasteiger charge is 2.31. The summed E-state index contributed by atoms with van der Waals surface area (Å²) in [5.41, 5.74) is 3.03. The fourth-order valence-electron chi connectivity index (χ4n) is 3.43. The van der Waals surface area contributed by atoms with Gasteiger partial charge in [-0.05, 0) is 30.9 Å². The van der Waals surface area contributed by atoms with Gasteiger partial charge in [-0.2, -0.15) is 0 Å². The van der Waals surface area contributed by atoms with Crippen molar-refractivity contribution in [3.8, 4) is 0 Å². The molecule has 27 heavy (non-hydrogen) atoms. The molecule has 1 amide bonds. The number of carbonyl (C=O) groups excluding carboxylic acids is 1. The van der Waals surface area contributed by atoms with Gasteiger partial charge in [-0.3, -0.25) is 4.79 Å². The zero-order valence-electron chi connectivity index (χ0n) is 15.6. The van der Waals surface area contributed by atoms with Crippen LogP contribution in [-0.2, 0) is 27.1 Å². The first kappa shape index (κ1) is 19.6. The Labute approximate surface area is 161 Å². The van der Waals surface area contributed by atoms with Crippen LogP contribution >= 0.6 is 0 Å². The largest absolute Gasteiger partial charge is 0.352 e. The summed E-state index contributed by atoms with van der Waals surface area (Å²) in [6.07, 6.45) is 1.13. The standard InChI is InChI=1S/C21H26N2O3S/c1-17-6-5-9-19(14-17)15-22-21(24)20-10-12-23(13-11-20)27(25,26)16-18-7-3-2-4-8-18/h2-9,14,20H,10-13,15-16H2,1H3,(H,22,24). The lowest BCUT2D eigenvalue weighted by Crippen LogP contribution is -2.43. The van der Waals surface area contributed by atoms with E-state index in [1.807, 2.05) is 55.5 Å². The third kappa shape index (κ3) is 5.40. The fourth-order valence-corrected chi connectivity index (χ4v) is 4.99. The van der Waals surface area contributed by atoms with E-state index < -0.39 is 10.0 Å². The lowest BCUT2D eigenvalue weighted by atomic mass is 9.97. The summed E-state index contributed by atoms with van der Waals surface area (Å²) in [7, 11) is -3.34. The van der Waals surface area contributed by atoms with E-state index in [4.69, 9.17) is 0 Å². The summed E-state index contributed by atoms with van der Waals surface area (Å²) in [5, 5.41) is 2.98. The van der Waals surface area contributed by atoms with Crippen molar-refractivity contribution < 1.29 is 13.2 Å². The monoisotopic (exact) mass is 386 g/mol. The molecule has 0 atom stereocenters. The zero-order chi connectivity index (χ0) is 19.3.